The van der Waals surface area contributed by atoms with Crippen molar-refractivity contribution in [2.45, 2.75) is 12.0 Å². The van der Waals surface area contributed by atoms with Crippen LogP contribution in [0.1, 0.15) is 12.0 Å². The van der Waals surface area contributed by atoms with E-state index in [-0.39, 0.29) is 0 Å². The van der Waals surface area contributed by atoms with Gasteiger partial charge in [-0.05, 0) is 66.6 Å². The summed E-state index contributed by atoms with van der Waals surface area (Å²) in [7, 11) is 0. The maximum atomic E-state index is 2.47. The number of anilines is 4. The second kappa shape index (κ2) is 10.7. The molecule has 1 atom stereocenters. The molecule has 1 unspecified atom stereocenters. The predicted molar refractivity (Wildman–Crippen MR) is 160 cm³/mol. The molecule has 0 saturated carbocycles. The lowest BCUT2D eigenvalue weighted by Gasteiger charge is -2.46. The third kappa shape index (κ3) is 4.53. The first kappa shape index (κ1) is 23.6. The van der Waals surface area contributed by atoms with E-state index in [9.17, 15) is 0 Å². The molecule has 0 fully saturated rings. The normalized spacial score (nSPS) is 16.5. The van der Waals surface area contributed by atoms with E-state index in [2.05, 4.69) is 180 Å². The lowest BCUT2D eigenvalue weighted by Crippen LogP contribution is -2.43. The fraction of sp³-hybridized carbons (Fsp3) is 0.0556. The number of para-hydroxylation sites is 4. The zero-order chi connectivity index (χ0) is 25.6. The second-order valence-corrected chi connectivity index (χ2v) is 9.47. The number of hydrogen-bond acceptors (Lipinski definition) is 2. The van der Waals surface area contributed by atoms with Crippen LogP contribution in [-0.2, 0) is 5.54 Å². The first-order valence-corrected chi connectivity index (χ1v) is 13.1. The van der Waals surface area contributed by atoms with Gasteiger partial charge < -0.3 is 9.80 Å². The Labute approximate surface area is 225 Å². The zero-order valence-corrected chi connectivity index (χ0v) is 21.3. The van der Waals surface area contributed by atoms with Crippen LogP contribution in [0.4, 0.5) is 22.7 Å². The molecule has 0 bridgehead atoms. The smallest absolute Gasteiger partial charge is 0.0924 e. The molecule has 0 aliphatic heterocycles. The van der Waals surface area contributed by atoms with Gasteiger partial charge in [0.05, 0.1) is 5.54 Å². The largest absolute Gasteiger partial charge is 0.327 e. The maximum absolute atomic E-state index is 2.47. The Morgan fingerprint density at radius 2 is 0.842 bits per heavy atom. The highest BCUT2D eigenvalue weighted by molar-refractivity contribution is 5.73. The Hall–Kier alpha value is -4.82. The fourth-order valence-electron chi connectivity index (χ4n) is 5.39. The number of rotatable bonds is 7. The Morgan fingerprint density at radius 3 is 1.24 bits per heavy atom. The number of benzene rings is 5. The van der Waals surface area contributed by atoms with Crippen LogP contribution in [0.25, 0.3) is 0 Å². The highest BCUT2D eigenvalue weighted by Gasteiger charge is 2.39. The molecule has 2 heteroatoms. The predicted octanol–water partition coefficient (Wildman–Crippen LogP) is 9.40. The van der Waals surface area contributed by atoms with Crippen LogP contribution in [0.15, 0.2) is 176 Å². The third-order valence-corrected chi connectivity index (χ3v) is 7.14. The van der Waals surface area contributed by atoms with E-state index >= 15 is 0 Å². The lowest BCUT2D eigenvalue weighted by atomic mass is 9.80. The van der Waals surface area contributed by atoms with Crippen molar-refractivity contribution >= 4 is 22.7 Å². The van der Waals surface area contributed by atoms with Gasteiger partial charge in [0.2, 0.25) is 0 Å². The quantitative estimate of drug-likeness (QED) is 0.224. The van der Waals surface area contributed by atoms with Crippen molar-refractivity contribution in [3.05, 3.63) is 181 Å². The molecule has 0 amide bonds. The number of nitrogens with zero attached hydrogens (tertiary/aromatic N) is 2. The van der Waals surface area contributed by atoms with Crippen LogP contribution in [-0.4, -0.2) is 0 Å². The molecule has 184 valence electrons. The molecule has 38 heavy (non-hydrogen) atoms. The Balaban J connectivity index is 1.50. The van der Waals surface area contributed by atoms with Gasteiger partial charge in [0.25, 0.3) is 0 Å². The van der Waals surface area contributed by atoms with Crippen LogP contribution < -0.4 is 9.80 Å². The summed E-state index contributed by atoms with van der Waals surface area (Å²) in [5.41, 5.74) is 6.63. The summed E-state index contributed by atoms with van der Waals surface area (Å²) in [4.78, 5) is 4.81. The average Bonchev–Trinajstić information content (AvgIpc) is 3.01. The monoisotopic (exact) mass is 490 g/mol. The summed E-state index contributed by atoms with van der Waals surface area (Å²) in [5.74, 6) is 0. The van der Waals surface area contributed by atoms with Crippen LogP contribution >= 0.6 is 0 Å². The second-order valence-electron chi connectivity index (χ2n) is 9.47. The third-order valence-electron chi connectivity index (χ3n) is 7.14. The highest BCUT2D eigenvalue weighted by Crippen LogP contribution is 2.46. The Kier molecular flexibility index (Phi) is 6.61. The standard InChI is InChI=1S/C36H30N2/c1-6-16-30(17-7-1)36(38(34-22-12-4-13-23-34)35-24-14-5-15-25-35)28-26-33(27-29-36)37(31-18-8-2-9-19-31)32-20-10-3-11-21-32/h1-28H,29H2. The van der Waals surface area contributed by atoms with Gasteiger partial charge in [0.1, 0.15) is 0 Å². The molecule has 5 aromatic rings. The summed E-state index contributed by atoms with van der Waals surface area (Å²) in [6.07, 6.45) is 7.86. The Bertz CT molecular complexity index is 1430. The average molecular weight is 491 g/mol. The molecule has 5 aromatic carbocycles. The molecular weight excluding hydrogens is 460 g/mol. The van der Waals surface area contributed by atoms with E-state index < -0.39 is 5.54 Å². The van der Waals surface area contributed by atoms with Gasteiger partial charge in [-0.2, -0.15) is 0 Å². The summed E-state index contributed by atoms with van der Waals surface area (Å²) in [5, 5.41) is 0. The van der Waals surface area contributed by atoms with E-state index in [0.29, 0.717) is 0 Å². The lowest BCUT2D eigenvalue weighted by molar-refractivity contribution is 0.544. The van der Waals surface area contributed by atoms with Gasteiger partial charge in [-0.3, -0.25) is 0 Å². The van der Waals surface area contributed by atoms with Crippen LogP contribution in [0, 0.1) is 0 Å². The van der Waals surface area contributed by atoms with Crippen LogP contribution in [0.2, 0.25) is 0 Å². The van der Waals surface area contributed by atoms with E-state index in [1.54, 1.807) is 0 Å². The van der Waals surface area contributed by atoms with Crippen molar-refractivity contribution in [2.24, 2.45) is 0 Å². The van der Waals surface area contributed by atoms with Gasteiger partial charge in [0, 0.05) is 28.4 Å². The molecule has 0 saturated heterocycles. The van der Waals surface area contributed by atoms with Crippen molar-refractivity contribution < 1.29 is 0 Å². The van der Waals surface area contributed by atoms with E-state index in [0.717, 1.165) is 34.9 Å². The molecule has 0 aromatic heterocycles. The minimum absolute atomic E-state index is 0.396. The molecular formula is C36H30N2. The van der Waals surface area contributed by atoms with Crippen molar-refractivity contribution in [1.82, 2.24) is 0 Å². The minimum atomic E-state index is -0.396. The topological polar surface area (TPSA) is 6.48 Å². The summed E-state index contributed by atoms with van der Waals surface area (Å²) >= 11 is 0. The van der Waals surface area contributed by atoms with Crippen molar-refractivity contribution in [2.75, 3.05) is 9.80 Å². The molecule has 0 N–H and O–H groups in total. The van der Waals surface area contributed by atoms with Gasteiger partial charge in [-0.15, -0.1) is 0 Å². The van der Waals surface area contributed by atoms with Gasteiger partial charge in [-0.25, -0.2) is 0 Å². The van der Waals surface area contributed by atoms with E-state index in [1.807, 2.05) is 0 Å². The van der Waals surface area contributed by atoms with Crippen molar-refractivity contribution in [1.29, 1.82) is 0 Å². The molecule has 6 rings (SSSR count). The fourth-order valence-corrected chi connectivity index (χ4v) is 5.39. The van der Waals surface area contributed by atoms with Gasteiger partial charge in [0.15, 0.2) is 0 Å². The first-order valence-electron chi connectivity index (χ1n) is 13.1. The number of hydrogen-bond donors (Lipinski definition) is 0. The Morgan fingerprint density at radius 1 is 0.447 bits per heavy atom. The zero-order valence-electron chi connectivity index (χ0n) is 21.3. The van der Waals surface area contributed by atoms with Crippen molar-refractivity contribution in [3.8, 4) is 0 Å². The van der Waals surface area contributed by atoms with Gasteiger partial charge >= 0.3 is 0 Å². The van der Waals surface area contributed by atoms with Gasteiger partial charge in [-0.1, -0.05) is 115 Å². The molecule has 1 aliphatic rings. The number of allylic oxidation sites excluding steroid dienone is 1. The van der Waals surface area contributed by atoms with Crippen LogP contribution in [0.3, 0.4) is 0 Å². The molecule has 0 radical (unpaired) electrons. The van der Waals surface area contributed by atoms with Crippen molar-refractivity contribution in [3.63, 3.8) is 0 Å². The molecule has 0 heterocycles. The molecule has 1 aliphatic carbocycles. The van der Waals surface area contributed by atoms with E-state index in [4.69, 9.17) is 0 Å². The maximum Gasteiger partial charge on any atom is 0.0924 e. The summed E-state index contributed by atoms with van der Waals surface area (Å²) < 4.78 is 0. The summed E-state index contributed by atoms with van der Waals surface area (Å²) in [6, 6.07) is 53.5. The van der Waals surface area contributed by atoms with Crippen LogP contribution in [0.5, 0.6) is 0 Å². The first-order chi connectivity index (χ1) is 18.9. The highest BCUT2D eigenvalue weighted by atomic mass is 15.2. The summed E-state index contributed by atoms with van der Waals surface area (Å²) in [6.45, 7) is 0. The SMILES string of the molecule is C1=CC(c2ccccc2)(N(c2ccccc2)c2ccccc2)CC=C1N(c1ccccc1)c1ccccc1. The molecule has 0 spiro atoms. The molecule has 2 nitrogen and oxygen atoms in total. The van der Waals surface area contributed by atoms with E-state index in [1.165, 1.54) is 5.56 Å². The minimum Gasteiger partial charge on any atom is -0.327 e.